The Hall–Kier alpha value is -2.21. The predicted molar refractivity (Wildman–Crippen MR) is 125 cm³/mol. The van der Waals surface area contributed by atoms with Crippen molar-refractivity contribution < 1.29 is 13.2 Å². The van der Waals surface area contributed by atoms with E-state index in [1.54, 1.807) is 12.1 Å². The van der Waals surface area contributed by atoms with Crippen molar-refractivity contribution in [3.63, 3.8) is 0 Å². The molecule has 1 aromatic heterocycles. The van der Waals surface area contributed by atoms with Gasteiger partial charge in [-0.2, -0.15) is 0 Å². The molecule has 0 aliphatic carbocycles. The molecule has 1 fully saturated rings. The lowest BCUT2D eigenvalue weighted by molar-refractivity contribution is -0.113. The van der Waals surface area contributed by atoms with E-state index in [0.29, 0.717) is 22.5 Å². The van der Waals surface area contributed by atoms with Crippen molar-refractivity contribution in [2.75, 3.05) is 24.2 Å². The first kappa shape index (κ1) is 22.0. The number of primary sulfonamides is 1. The molecule has 1 amide bonds. The molecule has 2 atom stereocenters. The molecule has 3 heterocycles. The number of pyridine rings is 1. The number of nitrogens with zero attached hydrogens (tertiary/aromatic N) is 2. The number of carbonyl (C=O) groups excluding carboxylic acids is 1. The van der Waals surface area contributed by atoms with Crippen molar-refractivity contribution in [2.45, 2.75) is 23.8 Å². The minimum absolute atomic E-state index is 0.0134. The number of piperidine rings is 1. The van der Waals surface area contributed by atoms with Crippen LogP contribution >= 0.6 is 24.0 Å². The SMILES string of the molecule is NS(=O)(=O)c1ccc(NC(=O)CSC(=S)N2C[C@H]3C[C@@H](C2)c2cccc(=O)n2C3)cc1. The van der Waals surface area contributed by atoms with E-state index in [1.807, 2.05) is 10.6 Å². The number of aromatic nitrogens is 1. The predicted octanol–water partition coefficient (Wildman–Crippen LogP) is 1.57. The highest BCUT2D eigenvalue weighted by Gasteiger charge is 2.35. The Balaban J connectivity index is 1.32. The summed E-state index contributed by atoms with van der Waals surface area (Å²) in [5.41, 5.74) is 1.59. The van der Waals surface area contributed by atoms with E-state index in [2.05, 4.69) is 10.2 Å². The van der Waals surface area contributed by atoms with Crippen LogP contribution in [0.2, 0.25) is 0 Å². The van der Waals surface area contributed by atoms with E-state index in [4.69, 9.17) is 17.4 Å². The van der Waals surface area contributed by atoms with Crippen LogP contribution in [0.5, 0.6) is 0 Å². The van der Waals surface area contributed by atoms with Gasteiger partial charge >= 0.3 is 0 Å². The molecule has 11 heteroatoms. The molecular weight excluding hydrogens is 456 g/mol. The summed E-state index contributed by atoms with van der Waals surface area (Å²) < 4.78 is 25.1. The second kappa shape index (κ2) is 8.73. The second-order valence-electron chi connectivity index (χ2n) is 7.78. The Morgan fingerprint density at radius 3 is 2.61 bits per heavy atom. The van der Waals surface area contributed by atoms with Gasteiger partial charge in [0.05, 0.1) is 10.6 Å². The minimum Gasteiger partial charge on any atom is -0.356 e. The van der Waals surface area contributed by atoms with Gasteiger partial charge in [-0.25, -0.2) is 13.6 Å². The summed E-state index contributed by atoms with van der Waals surface area (Å²) in [5.74, 6) is 0.532. The lowest BCUT2D eigenvalue weighted by atomic mass is 9.83. The maximum absolute atomic E-state index is 12.3. The van der Waals surface area contributed by atoms with Crippen LogP contribution in [0, 0.1) is 5.92 Å². The molecule has 0 radical (unpaired) electrons. The van der Waals surface area contributed by atoms with Crippen LogP contribution in [0.1, 0.15) is 18.0 Å². The standard InChI is InChI=1S/C20H22N4O4S3/c21-31(27,28)16-6-4-15(5-7-16)22-18(25)12-30-20(29)23-9-13-8-14(11-23)17-2-1-3-19(26)24(17)10-13/h1-7,13-14H,8-12H2,(H,22,25)(H2,21,27,28)/t13-,14+/m1/s1. The smallest absolute Gasteiger partial charge is 0.250 e. The number of nitrogens with one attached hydrogen (secondary N) is 1. The van der Waals surface area contributed by atoms with Crippen LogP contribution < -0.4 is 16.0 Å². The zero-order valence-electron chi connectivity index (χ0n) is 16.6. The van der Waals surface area contributed by atoms with E-state index in [-0.39, 0.29) is 28.0 Å². The number of carbonyl (C=O) groups is 1. The Morgan fingerprint density at radius 2 is 1.90 bits per heavy atom. The van der Waals surface area contributed by atoms with Crippen molar-refractivity contribution in [2.24, 2.45) is 11.1 Å². The van der Waals surface area contributed by atoms with Gasteiger partial charge in [-0.1, -0.05) is 30.0 Å². The van der Waals surface area contributed by atoms with Gasteiger partial charge in [0.15, 0.2) is 0 Å². The number of rotatable bonds is 4. The largest absolute Gasteiger partial charge is 0.356 e. The number of amides is 1. The van der Waals surface area contributed by atoms with Crippen LogP contribution in [-0.4, -0.2) is 47.0 Å². The Bertz CT molecular complexity index is 1180. The molecule has 0 unspecified atom stereocenters. The summed E-state index contributed by atoms with van der Waals surface area (Å²) in [6.07, 6.45) is 1.04. The normalized spacial score (nSPS) is 20.1. The third-order valence-electron chi connectivity index (χ3n) is 5.53. The van der Waals surface area contributed by atoms with Crippen molar-refractivity contribution in [1.82, 2.24) is 9.47 Å². The summed E-state index contributed by atoms with van der Waals surface area (Å²) in [7, 11) is -3.77. The first-order valence-corrected chi connectivity index (χ1v) is 12.7. The number of anilines is 1. The number of likely N-dealkylation sites (tertiary alicyclic amines) is 1. The number of thiocarbonyl (C=S) groups is 1. The second-order valence-corrected chi connectivity index (χ2v) is 10.9. The van der Waals surface area contributed by atoms with Crippen LogP contribution in [0.4, 0.5) is 5.69 Å². The summed E-state index contributed by atoms with van der Waals surface area (Å²) in [5, 5.41) is 7.80. The summed E-state index contributed by atoms with van der Waals surface area (Å²) in [4.78, 5) is 26.6. The van der Waals surface area contributed by atoms with E-state index >= 15 is 0 Å². The molecule has 164 valence electrons. The minimum atomic E-state index is -3.77. The third kappa shape index (κ3) is 5.00. The third-order valence-corrected chi connectivity index (χ3v) is 7.98. The molecule has 2 aliphatic rings. The lowest BCUT2D eigenvalue weighted by Crippen LogP contribution is -2.48. The molecule has 1 saturated heterocycles. The van der Waals surface area contributed by atoms with Gasteiger partial charge in [-0.3, -0.25) is 9.59 Å². The zero-order valence-corrected chi connectivity index (χ0v) is 19.0. The highest BCUT2D eigenvalue weighted by Crippen LogP contribution is 2.36. The molecule has 2 aliphatic heterocycles. The maximum atomic E-state index is 12.3. The molecule has 0 spiro atoms. The number of hydrogen-bond acceptors (Lipinski definition) is 6. The van der Waals surface area contributed by atoms with E-state index in [9.17, 15) is 18.0 Å². The number of nitrogens with two attached hydrogens (primary N) is 1. The molecule has 0 saturated carbocycles. The number of hydrogen-bond donors (Lipinski definition) is 2. The first-order valence-electron chi connectivity index (χ1n) is 9.75. The van der Waals surface area contributed by atoms with E-state index < -0.39 is 10.0 Å². The van der Waals surface area contributed by atoms with Crippen molar-refractivity contribution in [3.8, 4) is 0 Å². The monoisotopic (exact) mass is 478 g/mol. The van der Waals surface area contributed by atoms with Gasteiger partial charge in [0.2, 0.25) is 15.9 Å². The molecule has 3 N–H and O–H groups in total. The van der Waals surface area contributed by atoms with Crippen LogP contribution in [-0.2, 0) is 21.4 Å². The van der Waals surface area contributed by atoms with Crippen LogP contribution in [0.3, 0.4) is 0 Å². The fraction of sp³-hybridized carbons (Fsp3) is 0.350. The van der Waals surface area contributed by atoms with E-state index in [1.165, 1.54) is 36.0 Å². The number of benzene rings is 1. The van der Waals surface area contributed by atoms with Gasteiger partial charge in [-0.15, -0.1) is 0 Å². The number of sulfonamides is 1. The summed E-state index contributed by atoms with van der Waals surface area (Å²) in [6.45, 7) is 2.21. The first-order chi connectivity index (χ1) is 14.7. The van der Waals surface area contributed by atoms with Crippen LogP contribution in [0.15, 0.2) is 52.2 Å². The highest BCUT2D eigenvalue weighted by molar-refractivity contribution is 8.23. The Labute approximate surface area is 189 Å². The Morgan fingerprint density at radius 1 is 1.16 bits per heavy atom. The lowest BCUT2D eigenvalue weighted by Gasteiger charge is -2.43. The van der Waals surface area contributed by atoms with Gasteiger partial charge < -0.3 is 14.8 Å². The van der Waals surface area contributed by atoms with Gasteiger partial charge in [-0.05, 0) is 42.7 Å². The molecule has 8 nitrogen and oxygen atoms in total. The quantitative estimate of drug-likeness (QED) is 0.641. The fourth-order valence-corrected chi connectivity index (χ4v) is 5.69. The molecule has 4 rings (SSSR count). The molecule has 2 aromatic rings. The average Bonchev–Trinajstić information content (AvgIpc) is 2.72. The summed E-state index contributed by atoms with van der Waals surface area (Å²) >= 11 is 6.88. The maximum Gasteiger partial charge on any atom is 0.250 e. The molecular formula is C20H22N4O4S3. The highest BCUT2D eigenvalue weighted by atomic mass is 32.2. The number of fused-ring (bicyclic) bond motifs is 4. The Kier molecular flexibility index (Phi) is 6.20. The van der Waals surface area contributed by atoms with Crippen molar-refractivity contribution >= 4 is 49.9 Å². The zero-order chi connectivity index (χ0) is 22.2. The fourth-order valence-electron chi connectivity index (χ4n) is 4.19. The van der Waals surface area contributed by atoms with Crippen molar-refractivity contribution in [3.05, 3.63) is 58.5 Å². The molecule has 2 bridgehead atoms. The van der Waals surface area contributed by atoms with Gasteiger partial charge in [0.1, 0.15) is 4.32 Å². The average molecular weight is 479 g/mol. The molecule has 31 heavy (non-hydrogen) atoms. The van der Waals surface area contributed by atoms with E-state index in [0.717, 1.165) is 25.2 Å². The summed E-state index contributed by atoms with van der Waals surface area (Å²) in [6, 6.07) is 11.1. The van der Waals surface area contributed by atoms with Gasteiger partial charge in [0, 0.05) is 43.0 Å². The number of thioether (sulfide) groups is 1. The topological polar surface area (TPSA) is 114 Å². The molecule has 1 aromatic carbocycles. The van der Waals surface area contributed by atoms with Gasteiger partial charge in [0.25, 0.3) is 5.56 Å². The van der Waals surface area contributed by atoms with Crippen molar-refractivity contribution in [1.29, 1.82) is 0 Å². The van der Waals surface area contributed by atoms with Crippen LogP contribution in [0.25, 0.3) is 0 Å².